The summed E-state index contributed by atoms with van der Waals surface area (Å²) in [5, 5.41) is 0. The molecule has 0 aliphatic carbocycles. The molecular formula is C17H40. The first-order valence-electron chi connectivity index (χ1n) is 8.24. The molecule has 0 fully saturated rings. The molecular weight excluding hydrogens is 204 g/mol. The molecule has 0 atom stereocenters. The zero-order valence-electron chi connectivity index (χ0n) is 14.2. The summed E-state index contributed by atoms with van der Waals surface area (Å²) in [4.78, 5) is 0. The summed E-state index contributed by atoms with van der Waals surface area (Å²) in [6, 6.07) is 0. The van der Waals surface area contributed by atoms with E-state index in [4.69, 9.17) is 0 Å². The summed E-state index contributed by atoms with van der Waals surface area (Å²) in [5.41, 5.74) is 0.701. The van der Waals surface area contributed by atoms with Crippen molar-refractivity contribution in [1.82, 2.24) is 0 Å². The molecule has 0 aliphatic rings. The van der Waals surface area contributed by atoms with Crippen molar-refractivity contribution in [2.45, 2.75) is 107 Å². The van der Waals surface area contributed by atoms with Crippen LogP contribution in [0, 0.1) is 5.41 Å². The standard InChI is InChI=1S/C13H28.2C2H6/c1-5-9-13(10-6-2,11-7-3)12-8-4;2*1-2/h5-12H2,1-4H3;2*1-2H3. The van der Waals surface area contributed by atoms with Crippen LogP contribution in [0.2, 0.25) is 0 Å². The van der Waals surface area contributed by atoms with Crippen molar-refractivity contribution in [2.75, 3.05) is 0 Å². The van der Waals surface area contributed by atoms with Gasteiger partial charge in [-0.2, -0.15) is 0 Å². The predicted molar refractivity (Wildman–Crippen MR) is 84.8 cm³/mol. The van der Waals surface area contributed by atoms with Crippen molar-refractivity contribution in [3.8, 4) is 0 Å². The van der Waals surface area contributed by atoms with Gasteiger partial charge in [0.25, 0.3) is 0 Å². The summed E-state index contributed by atoms with van der Waals surface area (Å²) in [7, 11) is 0. The molecule has 0 aliphatic heterocycles. The minimum absolute atomic E-state index is 0.701. The van der Waals surface area contributed by atoms with Crippen molar-refractivity contribution >= 4 is 0 Å². The molecule has 0 unspecified atom stereocenters. The van der Waals surface area contributed by atoms with Crippen LogP contribution >= 0.6 is 0 Å². The first-order valence-corrected chi connectivity index (χ1v) is 8.24. The fourth-order valence-electron chi connectivity index (χ4n) is 2.87. The third-order valence-electron chi connectivity index (χ3n) is 3.12. The van der Waals surface area contributed by atoms with Crippen LogP contribution in [-0.2, 0) is 0 Å². The highest BCUT2D eigenvalue weighted by Gasteiger charge is 2.25. The van der Waals surface area contributed by atoms with E-state index in [0.717, 1.165) is 0 Å². The van der Waals surface area contributed by atoms with Crippen LogP contribution in [0.5, 0.6) is 0 Å². The van der Waals surface area contributed by atoms with Crippen molar-refractivity contribution in [2.24, 2.45) is 5.41 Å². The molecule has 0 rings (SSSR count). The maximum atomic E-state index is 2.33. The lowest BCUT2D eigenvalue weighted by Crippen LogP contribution is -2.20. The Balaban J connectivity index is -0.000000439. The molecule has 108 valence electrons. The van der Waals surface area contributed by atoms with E-state index in [0.29, 0.717) is 5.41 Å². The second-order valence-corrected chi connectivity index (χ2v) is 4.50. The van der Waals surface area contributed by atoms with E-state index < -0.39 is 0 Å². The molecule has 0 bridgehead atoms. The minimum Gasteiger partial charge on any atom is -0.0683 e. The Labute approximate surface area is 113 Å². The van der Waals surface area contributed by atoms with Crippen molar-refractivity contribution in [1.29, 1.82) is 0 Å². The van der Waals surface area contributed by atoms with Crippen LogP contribution in [0.15, 0.2) is 0 Å². The average Bonchev–Trinajstić information content (AvgIpc) is 2.35. The molecule has 0 nitrogen and oxygen atoms in total. The van der Waals surface area contributed by atoms with Gasteiger partial charge < -0.3 is 0 Å². The maximum absolute atomic E-state index is 2.33. The Bertz CT molecular complexity index is 75.1. The quantitative estimate of drug-likeness (QED) is 0.422. The average molecular weight is 245 g/mol. The third kappa shape index (κ3) is 12.2. The first kappa shape index (κ1) is 22.2. The van der Waals surface area contributed by atoms with Gasteiger partial charge in [-0.1, -0.05) is 81.1 Å². The monoisotopic (exact) mass is 244 g/mol. The van der Waals surface area contributed by atoms with Gasteiger partial charge in [0.15, 0.2) is 0 Å². The van der Waals surface area contributed by atoms with Gasteiger partial charge in [-0.05, 0) is 31.1 Å². The summed E-state index contributed by atoms with van der Waals surface area (Å²) in [6.45, 7) is 17.3. The number of rotatable bonds is 8. The molecule has 0 saturated carbocycles. The summed E-state index contributed by atoms with van der Waals surface area (Å²) >= 11 is 0. The smallest absolute Gasteiger partial charge is 0.0298 e. The highest BCUT2D eigenvalue weighted by molar-refractivity contribution is 4.77. The summed E-state index contributed by atoms with van der Waals surface area (Å²) < 4.78 is 0. The highest BCUT2D eigenvalue weighted by atomic mass is 14.3. The van der Waals surface area contributed by atoms with E-state index in [2.05, 4.69) is 27.7 Å². The van der Waals surface area contributed by atoms with Crippen LogP contribution < -0.4 is 0 Å². The van der Waals surface area contributed by atoms with Crippen molar-refractivity contribution < 1.29 is 0 Å². The van der Waals surface area contributed by atoms with Gasteiger partial charge in [0, 0.05) is 0 Å². The SMILES string of the molecule is CC.CC.CCCC(CCC)(CCC)CCC. The van der Waals surface area contributed by atoms with E-state index in [1.54, 1.807) is 0 Å². The van der Waals surface area contributed by atoms with Crippen LogP contribution in [0.3, 0.4) is 0 Å². The zero-order valence-corrected chi connectivity index (χ0v) is 14.2. The molecule has 0 amide bonds. The molecule has 0 aromatic rings. The fraction of sp³-hybridized carbons (Fsp3) is 1.00. The normalized spacial score (nSPS) is 9.88. The van der Waals surface area contributed by atoms with E-state index in [9.17, 15) is 0 Å². The van der Waals surface area contributed by atoms with Crippen LogP contribution in [-0.4, -0.2) is 0 Å². The topological polar surface area (TPSA) is 0 Å². The van der Waals surface area contributed by atoms with Gasteiger partial charge in [-0.25, -0.2) is 0 Å². The Morgan fingerprint density at radius 1 is 0.471 bits per heavy atom. The van der Waals surface area contributed by atoms with Crippen LogP contribution in [0.25, 0.3) is 0 Å². The lowest BCUT2D eigenvalue weighted by atomic mass is 9.72. The Morgan fingerprint density at radius 2 is 0.647 bits per heavy atom. The molecule has 17 heavy (non-hydrogen) atoms. The Morgan fingerprint density at radius 3 is 0.765 bits per heavy atom. The minimum atomic E-state index is 0.701. The van der Waals surface area contributed by atoms with Gasteiger partial charge in [0.2, 0.25) is 0 Å². The molecule has 0 N–H and O–H groups in total. The van der Waals surface area contributed by atoms with Gasteiger partial charge >= 0.3 is 0 Å². The van der Waals surface area contributed by atoms with E-state index in [1.165, 1.54) is 51.4 Å². The van der Waals surface area contributed by atoms with Crippen LogP contribution in [0.1, 0.15) is 107 Å². The molecule has 0 radical (unpaired) electrons. The van der Waals surface area contributed by atoms with Crippen LogP contribution in [0.4, 0.5) is 0 Å². The van der Waals surface area contributed by atoms with E-state index in [1.807, 2.05) is 27.7 Å². The van der Waals surface area contributed by atoms with Gasteiger partial charge in [0.05, 0.1) is 0 Å². The van der Waals surface area contributed by atoms with Gasteiger partial charge in [-0.3, -0.25) is 0 Å². The molecule has 0 heterocycles. The molecule has 0 spiro atoms. The third-order valence-corrected chi connectivity index (χ3v) is 3.12. The van der Waals surface area contributed by atoms with Gasteiger partial charge in [0.1, 0.15) is 0 Å². The molecule has 0 aromatic heterocycles. The lowest BCUT2D eigenvalue weighted by Gasteiger charge is -2.33. The Kier molecular flexibility index (Phi) is 24.0. The number of hydrogen-bond acceptors (Lipinski definition) is 0. The van der Waals surface area contributed by atoms with Crippen molar-refractivity contribution in [3.63, 3.8) is 0 Å². The second-order valence-electron chi connectivity index (χ2n) is 4.50. The maximum Gasteiger partial charge on any atom is -0.0298 e. The van der Waals surface area contributed by atoms with Gasteiger partial charge in [-0.15, -0.1) is 0 Å². The largest absolute Gasteiger partial charge is 0.0683 e. The zero-order chi connectivity index (χ0) is 14.2. The first-order chi connectivity index (χ1) is 8.24. The summed E-state index contributed by atoms with van der Waals surface area (Å²) in [5.74, 6) is 0. The molecule has 0 saturated heterocycles. The highest BCUT2D eigenvalue weighted by Crippen LogP contribution is 2.39. The second kappa shape index (κ2) is 18.4. The molecule has 0 aromatic carbocycles. The number of hydrogen-bond donors (Lipinski definition) is 0. The summed E-state index contributed by atoms with van der Waals surface area (Å²) in [6.07, 6.45) is 11.2. The molecule has 0 heteroatoms. The fourth-order valence-corrected chi connectivity index (χ4v) is 2.87. The lowest BCUT2D eigenvalue weighted by molar-refractivity contribution is 0.190. The predicted octanol–water partition coefficient (Wildman–Crippen LogP) is 7.23. The van der Waals surface area contributed by atoms with E-state index in [-0.39, 0.29) is 0 Å². The van der Waals surface area contributed by atoms with Crippen molar-refractivity contribution in [3.05, 3.63) is 0 Å². The van der Waals surface area contributed by atoms with E-state index >= 15 is 0 Å². The Hall–Kier alpha value is 0.